The van der Waals surface area contributed by atoms with Crippen molar-refractivity contribution in [2.45, 2.75) is 44.2 Å². The quantitative estimate of drug-likeness (QED) is 0.823. The zero-order valence-corrected chi connectivity index (χ0v) is 13.5. The highest BCUT2D eigenvalue weighted by atomic mass is 19.1. The Kier molecular flexibility index (Phi) is 4.26. The van der Waals surface area contributed by atoms with Gasteiger partial charge in [0.05, 0.1) is 0 Å². The molecule has 1 aliphatic carbocycles. The maximum atomic E-state index is 14.0. The number of rotatable bonds is 4. The Hall–Kier alpha value is -2.44. The van der Waals surface area contributed by atoms with Crippen LogP contribution in [0.2, 0.25) is 0 Å². The van der Waals surface area contributed by atoms with E-state index in [2.05, 4.69) is 10.6 Å². The molecule has 0 spiro atoms. The Labute approximate surface area is 139 Å². The van der Waals surface area contributed by atoms with E-state index in [-0.39, 0.29) is 24.1 Å². The average molecular weight is 333 g/mol. The summed E-state index contributed by atoms with van der Waals surface area (Å²) < 4.78 is 14.0. The number of benzene rings is 1. The van der Waals surface area contributed by atoms with Crippen molar-refractivity contribution < 1.29 is 18.8 Å². The molecule has 1 aromatic carbocycles. The molecule has 128 valence electrons. The summed E-state index contributed by atoms with van der Waals surface area (Å²) in [5.74, 6) is -1.58. The van der Waals surface area contributed by atoms with Crippen LogP contribution in [0.25, 0.3) is 0 Å². The lowest BCUT2D eigenvalue weighted by molar-refractivity contribution is -0.135. The number of amides is 4. The van der Waals surface area contributed by atoms with Gasteiger partial charge in [-0.15, -0.1) is 0 Å². The number of nitrogens with zero attached hydrogens (tertiary/aromatic N) is 1. The smallest absolute Gasteiger partial charge is 0.325 e. The van der Waals surface area contributed by atoms with E-state index in [0.717, 1.165) is 30.6 Å². The number of carbonyl (C=O) groups excluding carboxylic acids is 3. The molecule has 2 fully saturated rings. The summed E-state index contributed by atoms with van der Waals surface area (Å²) in [6.45, 7) is 1.09. The average Bonchev–Trinajstić information content (AvgIpc) is 3.11. The van der Waals surface area contributed by atoms with Crippen molar-refractivity contribution in [1.82, 2.24) is 15.5 Å². The second-order valence-electron chi connectivity index (χ2n) is 6.48. The van der Waals surface area contributed by atoms with Crippen molar-refractivity contribution in [3.63, 3.8) is 0 Å². The van der Waals surface area contributed by atoms with E-state index < -0.39 is 23.3 Å². The fourth-order valence-electron chi connectivity index (χ4n) is 3.38. The third-order valence-corrected chi connectivity index (χ3v) is 4.71. The van der Waals surface area contributed by atoms with E-state index in [1.165, 1.54) is 25.1 Å². The second-order valence-corrected chi connectivity index (χ2v) is 6.48. The normalized spacial score (nSPS) is 24.3. The van der Waals surface area contributed by atoms with Crippen LogP contribution in [-0.2, 0) is 15.1 Å². The SMILES string of the molecule is C[C@@]1(c2ccccc2F)NC(=O)N(CC(=O)NC2CCCC2)C1=O. The third-order valence-electron chi connectivity index (χ3n) is 4.71. The van der Waals surface area contributed by atoms with Crippen LogP contribution in [0.3, 0.4) is 0 Å². The van der Waals surface area contributed by atoms with Crippen molar-refractivity contribution >= 4 is 17.8 Å². The maximum absolute atomic E-state index is 14.0. The van der Waals surface area contributed by atoms with Gasteiger partial charge in [0.25, 0.3) is 5.91 Å². The van der Waals surface area contributed by atoms with Crippen LogP contribution >= 0.6 is 0 Å². The minimum Gasteiger partial charge on any atom is -0.352 e. The summed E-state index contributed by atoms with van der Waals surface area (Å²) in [6.07, 6.45) is 3.97. The highest BCUT2D eigenvalue weighted by molar-refractivity contribution is 6.09. The van der Waals surface area contributed by atoms with Crippen LogP contribution in [0.1, 0.15) is 38.2 Å². The lowest BCUT2D eigenvalue weighted by Gasteiger charge is -2.22. The number of hydrogen-bond acceptors (Lipinski definition) is 3. The van der Waals surface area contributed by atoms with Crippen molar-refractivity contribution in [1.29, 1.82) is 0 Å². The first-order valence-electron chi connectivity index (χ1n) is 8.10. The van der Waals surface area contributed by atoms with Crippen LogP contribution < -0.4 is 10.6 Å². The fraction of sp³-hybridized carbons (Fsp3) is 0.471. The van der Waals surface area contributed by atoms with Crippen LogP contribution in [-0.4, -0.2) is 35.3 Å². The molecule has 1 heterocycles. The first-order chi connectivity index (χ1) is 11.4. The molecule has 7 heteroatoms. The number of nitrogens with one attached hydrogen (secondary N) is 2. The highest BCUT2D eigenvalue weighted by Gasteiger charge is 2.50. The predicted molar refractivity (Wildman–Crippen MR) is 84.4 cm³/mol. The van der Waals surface area contributed by atoms with Crippen molar-refractivity contribution in [2.24, 2.45) is 0 Å². The zero-order valence-electron chi connectivity index (χ0n) is 13.5. The molecule has 0 radical (unpaired) electrons. The Morgan fingerprint density at radius 3 is 2.67 bits per heavy atom. The van der Waals surface area contributed by atoms with Gasteiger partial charge in [-0.25, -0.2) is 9.18 Å². The van der Waals surface area contributed by atoms with Gasteiger partial charge in [-0.05, 0) is 25.8 Å². The fourth-order valence-corrected chi connectivity index (χ4v) is 3.38. The molecule has 24 heavy (non-hydrogen) atoms. The molecule has 6 nitrogen and oxygen atoms in total. The van der Waals surface area contributed by atoms with Gasteiger partial charge in [-0.2, -0.15) is 0 Å². The molecule has 1 atom stereocenters. The van der Waals surface area contributed by atoms with Crippen LogP contribution in [0, 0.1) is 5.82 Å². The number of imide groups is 1. The first-order valence-corrected chi connectivity index (χ1v) is 8.10. The summed E-state index contributed by atoms with van der Waals surface area (Å²) in [7, 11) is 0. The molecular formula is C17H20FN3O3. The topological polar surface area (TPSA) is 78.5 Å². The summed E-state index contributed by atoms with van der Waals surface area (Å²) >= 11 is 0. The van der Waals surface area contributed by atoms with Gasteiger partial charge in [-0.3, -0.25) is 14.5 Å². The maximum Gasteiger partial charge on any atom is 0.325 e. The highest BCUT2D eigenvalue weighted by Crippen LogP contribution is 2.30. The molecule has 0 aromatic heterocycles. The van der Waals surface area contributed by atoms with E-state index in [9.17, 15) is 18.8 Å². The lowest BCUT2D eigenvalue weighted by atomic mass is 9.91. The Morgan fingerprint density at radius 1 is 1.33 bits per heavy atom. The Bertz CT molecular complexity index is 687. The molecule has 1 aliphatic heterocycles. The molecular weight excluding hydrogens is 313 g/mol. The summed E-state index contributed by atoms with van der Waals surface area (Å²) in [4.78, 5) is 37.8. The van der Waals surface area contributed by atoms with Crippen molar-refractivity contribution in [2.75, 3.05) is 6.54 Å². The zero-order chi connectivity index (χ0) is 17.3. The molecule has 0 unspecified atom stereocenters. The van der Waals surface area contributed by atoms with Crippen LogP contribution in [0.4, 0.5) is 9.18 Å². The van der Waals surface area contributed by atoms with Gasteiger partial charge in [0, 0.05) is 11.6 Å². The van der Waals surface area contributed by atoms with E-state index >= 15 is 0 Å². The Balaban J connectivity index is 1.74. The van der Waals surface area contributed by atoms with Gasteiger partial charge < -0.3 is 10.6 Å². The van der Waals surface area contributed by atoms with E-state index in [1.54, 1.807) is 6.07 Å². The van der Waals surface area contributed by atoms with E-state index in [0.29, 0.717) is 0 Å². The molecule has 1 saturated carbocycles. The minimum absolute atomic E-state index is 0.0852. The minimum atomic E-state index is -1.50. The van der Waals surface area contributed by atoms with E-state index in [1.807, 2.05) is 0 Å². The number of urea groups is 1. The molecule has 0 bridgehead atoms. The summed E-state index contributed by atoms with van der Waals surface area (Å²) in [6, 6.07) is 5.21. The second kappa shape index (κ2) is 6.22. The van der Waals surface area contributed by atoms with Crippen LogP contribution in [0.15, 0.2) is 24.3 Å². The third kappa shape index (κ3) is 2.86. The van der Waals surface area contributed by atoms with Crippen molar-refractivity contribution in [3.05, 3.63) is 35.6 Å². The van der Waals surface area contributed by atoms with Crippen LogP contribution in [0.5, 0.6) is 0 Å². The van der Waals surface area contributed by atoms with Gasteiger partial charge in [-0.1, -0.05) is 31.0 Å². The largest absolute Gasteiger partial charge is 0.352 e. The molecule has 3 rings (SSSR count). The molecule has 2 N–H and O–H groups in total. The predicted octanol–water partition coefficient (Wildman–Crippen LogP) is 1.65. The van der Waals surface area contributed by atoms with Gasteiger partial charge >= 0.3 is 6.03 Å². The lowest BCUT2D eigenvalue weighted by Crippen LogP contribution is -2.45. The number of halogens is 1. The number of carbonyl (C=O) groups is 3. The van der Waals surface area contributed by atoms with Crippen molar-refractivity contribution in [3.8, 4) is 0 Å². The number of hydrogen-bond donors (Lipinski definition) is 2. The van der Waals surface area contributed by atoms with Gasteiger partial charge in [0.2, 0.25) is 5.91 Å². The summed E-state index contributed by atoms with van der Waals surface area (Å²) in [5.41, 5.74) is -1.42. The molecule has 2 aliphatic rings. The monoisotopic (exact) mass is 333 g/mol. The Morgan fingerprint density at radius 2 is 2.00 bits per heavy atom. The first kappa shape index (κ1) is 16.4. The van der Waals surface area contributed by atoms with Gasteiger partial charge in [0.15, 0.2) is 0 Å². The molecule has 1 saturated heterocycles. The molecule has 4 amide bonds. The van der Waals surface area contributed by atoms with E-state index in [4.69, 9.17) is 0 Å². The standard InChI is InChI=1S/C17H20FN3O3/c1-17(12-8-4-5-9-13(12)18)15(23)21(16(24)20-17)10-14(22)19-11-6-2-3-7-11/h4-5,8-9,11H,2-3,6-7,10H2,1H3,(H,19,22)(H,20,24)/t17-/m0/s1. The molecule has 1 aromatic rings. The van der Waals surface area contributed by atoms with Gasteiger partial charge in [0.1, 0.15) is 17.9 Å². The summed E-state index contributed by atoms with van der Waals surface area (Å²) in [5, 5.41) is 5.34.